The van der Waals surface area contributed by atoms with Crippen molar-refractivity contribution in [3.63, 3.8) is 0 Å². The molecule has 0 fully saturated rings. The largest absolute Gasteiger partial charge is 0.207 e. The van der Waals surface area contributed by atoms with E-state index in [1.165, 1.54) is 9.75 Å². The molecule has 0 aliphatic carbocycles. The lowest BCUT2D eigenvalue weighted by Crippen LogP contribution is -1.92. The average Bonchev–Trinajstić information content (AvgIpc) is 2.57. The predicted octanol–water partition coefficient (Wildman–Crippen LogP) is 5.75. The maximum absolute atomic E-state index is 13.4. The van der Waals surface area contributed by atoms with E-state index in [1.54, 1.807) is 23.5 Å². The molecule has 0 saturated carbocycles. The molecule has 2 aromatic rings. The van der Waals surface area contributed by atoms with Crippen LogP contribution in [0.5, 0.6) is 0 Å². The second-order valence-corrected chi connectivity index (χ2v) is 7.04. The molecule has 90 valence electrons. The van der Waals surface area contributed by atoms with Crippen LogP contribution in [0, 0.1) is 19.7 Å². The van der Waals surface area contributed by atoms with Gasteiger partial charge in [0, 0.05) is 14.2 Å². The Morgan fingerprint density at radius 2 is 1.88 bits per heavy atom. The van der Waals surface area contributed by atoms with Gasteiger partial charge in [-0.25, -0.2) is 4.39 Å². The first-order chi connectivity index (χ1) is 7.97. The van der Waals surface area contributed by atoms with Crippen molar-refractivity contribution >= 4 is 43.2 Å². The summed E-state index contributed by atoms with van der Waals surface area (Å²) in [5.74, 6) is -0.184. The van der Waals surface area contributed by atoms with Crippen LogP contribution in [0.25, 0.3) is 0 Å². The third-order valence-electron chi connectivity index (χ3n) is 2.48. The third-order valence-corrected chi connectivity index (χ3v) is 6.01. The molecule has 0 radical (unpaired) electrons. The van der Waals surface area contributed by atoms with E-state index in [0.717, 1.165) is 15.6 Å². The molecular weight excluding hydrogens is 367 g/mol. The zero-order valence-electron chi connectivity index (χ0n) is 9.43. The summed E-state index contributed by atoms with van der Waals surface area (Å²) in [6.07, 6.45) is 0. The van der Waals surface area contributed by atoms with Gasteiger partial charge in [-0.05, 0) is 59.1 Å². The molecule has 0 bridgehead atoms. The van der Waals surface area contributed by atoms with Crippen LogP contribution in [0.15, 0.2) is 28.7 Å². The topological polar surface area (TPSA) is 0 Å². The minimum atomic E-state index is -0.184. The van der Waals surface area contributed by atoms with Gasteiger partial charge in [-0.15, -0.1) is 11.3 Å². The second kappa shape index (κ2) is 5.21. The highest BCUT2D eigenvalue weighted by atomic mass is 79.9. The predicted molar refractivity (Wildman–Crippen MR) is 78.7 cm³/mol. The van der Waals surface area contributed by atoms with Crippen molar-refractivity contribution in [2.45, 2.75) is 18.7 Å². The number of rotatable bonds is 2. The summed E-state index contributed by atoms with van der Waals surface area (Å²) >= 11 is 8.85. The van der Waals surface area contributed by atoms with E-state index in [2.05, 4.69) is 44.8 Å². The Kier molecular flexibility index (Phi) is 4.06. The van der Waals surface area contributed by atoms with Gasteiger partial charge in [-0.3, -0.25) is 0 Å². The molecule has 2 rings (SSSR count). The van der Waals surface area contributed by atoms with Gasteiger partial charge in [0.15, 0.2) is 0 Å². The van der Waals surface area contributed by atoms with Gasteiger partial charge in [-0.1, -0.05) is 22.0 Å². The second-order valence-electron chi connectivity index (χ2n) is 3.98. The zero-order chi connectivity index (χ0) is 12.6. The Bertz CT molecular complexity index is 509. The van der Waals surface area contributed by atoms with Crippen molar-refractivity contribution in [1.29, 1.82) is 0 Å². The van der Waals surface area contributed by atoms with Crippen molar-refractivity contribution in [1.82, 2.24) is 0 Å². The maximum atomic E-state index is 13.4. The van der Waals surface area contributed by atoms with Gasteiger partial charge in [0.05, 0.1) is 4.83 Å². The SMILES string of the molecule is Cc1cc(F)cc(C(Br)c2cc(Br)c(C)s2)c1. The molecule has 0 saturated heterocycles. The Hall–Kier alpha value is -0.190. The molecule has 4 heteroatoms. The Labute approximate surface area is 121 Å². The van der Waals surface area contributed by atoms with E-state index in [-0.39, 0.29) is 10.6 Å². The number of hydrogen-bond donors (Lipinski definition) is 0. The van der Waals surface area contributed by atoms with Crippen molar-refractivity contribution < 1.29 is 4.39 Å². The van der Waals surface area contributed by atoms with Gasteiger partial charge in [0.1, 0.15) is 5.82 Å². The van der Waals surface area contributed by atoms with E-state index in [0.29, 0.717) is 0 Å². The summed E-state index contributed by atoms with van der Waals surface area (Å²) in [6.45, 7) is 3.97. The zero-order valence-corrected chi connectivity index (χ0v) is 13.4. The highest BCUT2D eigenvalue weighted by Gasteiger charge is 2.15. The smallest absolute Gasteiger partial charge is 0.123 e. The van der Waals surface area contributed by atoms with Crippen LogP contribution in [0.1, 0.15) is 25.7 Å². The van der Waals surface area contributed by atoms with Gasteiger partial charge in [0.2, 0.25) is 0 Å². The first-order valence-electron chi connectivity index (χ1n) is 5.14. The van der Waals surface area contributed by atoms with Crippen LogP contribution in [-0.4, -0.2) is 0 Å². The third kappa shape index (κ3) is 2.98. The standard InChI is InChI=1S/C13H11Br2FS/c1-7-3-9(5-10(16)4-7)13(15)12-6-11(14)8(2)17-12/h3-6,13H,1-2H3. The van der Waals surface area contributed by atoms with Crippen LogP contribution in [0.2, 0.25) is 0 Å². The van der Waals surface area contributed by atoms with Gasteiger partial charge >= 0.3 is 0 Å². The van der Waals surface area contributed by atoms with E-state index < -0.39 is 0 Å². The molecule has 0 amide bonds. The van der Waals surface area contributed by atoms with E-state index >= 15 is 0 Å². The van der Waals surface area contributed by atoms with Crippen LogP contribution >= 0.6 is 43.2 Å². The minimum Gasteiger partial charge on any atom is -0.207 e. The molecule has 0 spiro atoms. The Morgan fingerprint density at radius 3 is 2.41 bits per heavy atom. The molecule has 1 heterocycles. The molecule has 0 N–H and O–H groups in total. The molecule has 0 nitrogen and oxygen atoms in total. The first-order valence-corrected chi connectivity index (χ1v) is 7.67. The van der Waals surface area contributed by atoms with Crippen LogP contribution in [-0.2, 0) is 0 Å². The number of hydrogen-bond acceptors (Lipinski definition) is 1. The molecule has 1 atom stereocenters. The van der Waals surface area contributed by atoms with Crippen LogP contribution in [0.3, 0.4) is 0 Å². The number of benzene rings is 1. The van der Waals surface area contributed by atoms with Crippen LogP contribution < -0.4 is 0 Å². The summed E-state index contributed by atoms with van der Waals surface area (Å²) < 4.78 is 14.5. The molecule has 17 heavy (non-hydrogen) atoms. The summed E-state index contributed by atoms with van der Waals surface area (Å²) in [5, 5.41) is 0. The van der Waals surface area contributed by atoms with E-state index in [4.69, 9.17) is 0 Å². The molecule has 0 aliphatic rings. The minimum absolute atomic E-state index is 0.0481. The highest BCUT2D eigenvalue weighted by molar-refractivity contribution is 9.10. The van der Waals surface area contributed by atoms with Crippen LogP contribution in [0.4, 0.5) is 4.39 Å². The van der Waals surface area contributed by atoms with E-state index in [9.17, 15) is 4.39 Å². The summed E-state index contributed by atoms with van der Waals surface area (Å²) in [6, 6.07) is 7.21. The fraction of sp³-hybridized carbons (Fsp3) is 0.231. The molecule has 0 aliphatic heterocycles. The van der Waals surface area contributed by atoms with Gasteiger partial charge in [0.25, 0.3) is 0 Å². The summed E-state index contributed by atoms with van der Waals surface area (Å²) in [4.78, 5) is 2.46. The average molecular weight is 378 g/mol. The van der Waals surface area contributed by atoms with Gasteiger partial charge in [-0.2, -0.15) is 0 Å². The van der Waals surface area contributed by atoms with Gasteiger partial charge < -0.3 is 0 Å². The lowest BCUT2D eigenvalue weighted by atomic mass is 10.1. The van der Waals surface area contributed by atoms with Crippen molar-refractivity contribution in [2.24, 2.45) is 0 Å². The Morgan fingerprint density at radius 1 is 1.18 bits per heavy atom. The Balaban J connectivity index is 2.39. The quantitative estimate of drug-likeness (QED) is 0.584. The highest BCUT2D eigenvalue weighted by Crippen LogP contribution is 2.38. The number of aryl methyl sites for hydroxylation is 2. The summed E-state index contributed by atoms with van der Waals surface area (Å²) in [7, 11) is 0. The lowest BCUT2D eigenvalue weighted by molar-refractivity contribution is 0.624. The molecular formula is C13H11Br2FS. The normalized spacial score (nSPS) is 12.8. The maximum Gasteiger partial charge on any atom is 0.123 e. The number of alkyl halides is 1. The fourth-order valence-corrected chi connectivity index (χ4v) is 3.93. The van der Waals surface area contributed by atoms with Crippen molar-refractivity contribution in [3.05, 3.63) is 55.4 Å². The monoisotopic (exact) mass is 376 g/mol. The molecule has 1 aromatic heterocycles. The molecule has 1 aromatic carbocycles. The molecule has 1 unspecified atom stereocenters. The first kappa shape index (κ1) is 13.2. The van der Waals surface area contributed by atoms with Crippen molar-refractivity contribution in [3.8, 4) is 0 Å². The fourth-order valence-electron chi connectivity index (χ4n) is 1.68. The summed E-state index contributed by atoms with van der Waals surface area (Å²) in [5.41, 5.74) is 1.90. The number of halogens is 3. The number of thiophene rings is 1. The van der Waals surface area contributed by atoms with Crippen molar-refractivity contribution in [2.75, 3.05) is 0 Å². The van der Waals surface area contributed by atoms with E-state index in [1.807, 2.05) is 13.0 Å². The lowest BCUT2D eigenvalue weighted by Gasteiger charge is -2.09.